The molecule has 0 atom stereocenters. The summed E-state index contributed by atoms with van der Waals surface area (Å²) in [6.45, 7) is 10.9. The zero-order valence-corrected chi connectivity index (χ0v) is 11.8. The van der Waals surface area contributed by atoms with Crippen LogP contribution in [0.3, 0.4) is 0 Å². The zero-order valence-electron chi connectivity index (χ0n) is 11.8. The van der Waals surface area contributed by atoms with Gasteiger partial charge in [0.1, 0.15) is 5.60 Å². The third-order valence-corrected chi connectivity index (χ3v) is 2.65. The van der Waals surface area contributed by atoms with Crippen LogP contribution < -0.4 is 10.6 Å². The van der Waals surface area contributed by atoms with Crippen molar-refractivity contribution < 1.29 is 14.3 Å². The van der Waals surface area contributed by atoms with Crippen LogP contribution in [0.5, 0.6) is 0 Å². The monoisotopic (exact) mass is 257 g/mol. The molecule has 2 N–H and O–H groups in total. The lowest BCUT2D eigenvalue weighted by atomic mass is 10.1. The fourth-order valence-electron chi connectivity index (χ4n) is 1.75. The minimum Gasteiger partial charge on any atom is -0.444 e. The van der Waals surface area contributed by atoms with Gasteiger partial charge in [-0.25, -0.2) is 9.59 Å². The van der Waals surface area contributed by atoms with Crippen LogP contribution in [0.15, 0.2) is 0 Å². The van der Waals surface area contributed by atoms with Crippen LogP contribution in [0, 0.1) is 0 Å². The molecule has 1 fully saturated rings. The second-order valence-electron chi connectivity index (χ2n) is 6.05. The third-order valence-electron chi connectivity index (χ3n) is 2.65. The second-order valence-corrected chi connectivity index (χ2v) is 6.05. The van der Waals surface area contributed by atoms with E-state index in [1.165, 1.54) is 0 Å². The summed E-state index contributed by atoms with van der Waals surface area (Å²) in [7, 11) is 0. The highest BCUT2D eigenvalue weighted by molar-refractivity contribution is 5.77. The fraction of sp³-hybridized carbons (Fsp3) is 0.833. The van der Waals surface area contributed by atoms with E-state index in [0.29, 0.717) is 19.6 Å². The van der Waals surface area contributed by atoms with Gasteiger partial charge in [-0.1, -0.05) is 0 Å². The van der Waals surface area contributed by atoms with Crippen molar-refractivity contribution >= 4 is 12.1 Å². The molecule has 104 valence electrons. The largest absolute Gasteiger partial charge is 0.444 e. The Morgan fingerprint density at radius 2 is 2.11 bits per heavy atom. The van der Waals surface area contributed by atoms with Crippen molar-refractivity contribution in [1.29, 1.82) is 0 Å². The number of urea groups is 1. The fourth-order valence-corrected chi connectivity index (χ4v) is 1.75. The molecule has 3 amide bonds. The summed E-state index contributed by atoms with van der Waals surface area (Å²) >= 11 is 0. The molecule has 0 bridgehead atoms. The quantitative estimate of drug-likeness (QED) is 0.801. The molecule has 0 aromatic heterocycles. The predicted octanol–water partition coefficient (Wildman–Crippen LogP) is 1.31. The molecule has 1 saturated heterocycles. The Balaban J connectivity index is 2.34. The molecule has 1 aliphatic rings. The van der Waals surface area contributed by atoms with E-state index in [9.17, 15) is 9.59 Å². The van der Waals surface area contributed by atoms with Gasteiger partial charge in [0.15, 0.2) is 0 Å². The summed E-state index contributed by atoms with van der Waals surface area (Å²) in [4.78, 5) is 24.7. The number of nitrogens with one attached hydrogen (secondary N) is 2. The van der Waals surface area contributed by atoms with Gasteiger partial charge in [0.05, 0.1) is 5.54 Å². The lowest BCUT2D eigenvalue weighted by Crippen LogP contribution is -2.46. The van der Waals surface area contributed by atoms with Crippen molar-refractivity contribution in [2.24, 2.45) is 0 Å². The number of rotatable bonds is 3. The maximum atomic E-state index is 11.6. The molecule has 0 unspecified atom stereocenters. The molecule has 18 heavy (non-hydrogen) atoms. The number of alkyl carbamates (subject to hydrolysis) is 1. The van der Waals surface area contributed by atoms with Crippen molar-refractivity contribution in [3.05, 3.63) is 0 Å². The van der Waals surface area contributed by atoms with Crippen molar-refractivity contribution in [3.8, 4) is 0 Å². The first-order chi connectivity index (χ1) is 8.12. The van der Waals surface area contributed by atoms with Gasteiger partial charge in [-0.15, -0.1) is 0 Å². The van der Waals surface area contributed by atoms with E-state index in [4.69, 9.17) is 4.74 Å². The van der Waals surface area contributed by atoms with Gasteiger partial charge >= 0.3 is 12.1 Å². The second kappa shape index (κ2) is 5.04. The molecule has 0 saturated carbocycles. The molecule has 0 aromatic rings. The smallest absolute Gasteiger partial charge is 0.407 e. The predicted molar refractivity (Wildman–Crippen MR) is 68.4 cm³/mol. The van der Waals surface area contributed by atoms with Crippen LogP contribution in [0.2, 0.25) is 0 Å². The minimum atomic E-state index is -0.506. The summed E-state index contributed by atoms with van der Waals surface area (Å²) < 4.78 is 5.11. The Labute approximate surface area is 108 Å². The summed E-state index contributed by atoms with van der Waals surface area (Å²) in [6, 6.07) is -0.0917. The third kappa shape index (κ3) is 4.09. The Hall–Kier alpha value is -1.46. The van der Waals surface area contributed by atoms with E-state index in [1.54, 1.807) is 4.90 Å². The average molecular weight is 257 g/mol. The number of hydrogen-bond acceptors (Lipinski definition) is 3. The molecule has 1 heterocycles. The first-order valence-electron chi connectivity index (χ1n) is 6.14. The van der Waals surface area contributed by atoms with Crippen molar-refractivity contribution in [1.82, 2.24) is 15.5 Å². The van der Waals surface area contributed by atoms with Gasteiger partial charge in [-0.2, -0.15) is 0 Å². The molecule has 6 heteroatoms. The van der Waals surface area contributed by atoms with E-state index in [1.807, 2.05) is 34.6 Å². The Morgan fingerprint density at radius 3 is 2.56 bits per heavy atom. The summed E-state index contributed by atoms with van der Waals surface area (Å²) in [5, 5.41) is 5.42. The van der Waals surface area contributed by atoms with E-state index in [2.05, 4.69) is 10.6 Å². The summed E-state index contributed by atoms with van der Waals surface area (Å²) in [6.07, 6.45) is -0.458. The van der Waals surface area contributed by atoms with Crippen LogP contribution in [0.1, 0.15) is 34.6 Å². The summed E-state index contributed by atoms with van der Waals surface area (Å²) in [5.74, 6) is 0. The number of nitrogens with zero attached hydrogens (tertiary/aromatic N) is 1. The lowest BCUT2D eigenvalue weighted by molar-refractivity contribution is 0.0519. The Bertz CT molecular complexity index is 334. The zero-order chi connectivity index (χ0) is 14.0. The van der Waals surface area contributed by atoms with Gasteiger partial charge in [-0.05, 0) is 34.6 Å². The SMILES string of the molecule is CC(C)(C)OC(=O)NCCN1C(=O)NCC1(C)C. The topological polar surface area (TPSA) is 70.7 Å². The molecule has 1 rings (SSSR count). The molecule has 1 aliphatic heterocycles. The highest BCUT2D eigenvalue weighted by Crippen LogP contribution is 2.18. The van der Waals surface area contributed by atoms with Gasteiger partial charge < -0.3 is 20.3 Å². The van der Waals surface area contributed by atoms with Crippen LogP contribution in [-0.2, 0) is 4.74 Å². The number of amides is 3. The van der Waals surface area contributed by atoms with Crippen LogP contribution in [-0.4, -0.2) is 47.8 Å². The summed E-state index contributed by atoms with van der Waals surface area (Å²) in [5.41, 5.74) is -0.721. The molecule has 0 aromatic carbocycles. The lowest BCUT2D eigenvalue weighted by Gasteiger charge is -2.29. The van der Waals surface area contributed by atoms with Crippen LogP contribution in [0.4, 0.5) is 9.59 Å². The molecule has 0 spiro atoms. The number of hydrogen-bond donors (Lipinski definition) is 2. The van der Waals surface area contributed by atoms with Crippen LogP contribution in [0.25, 0.3) is 0 Å². The molecule has 6 nitrogen and oxygen atoms in total. The Kier molecular flexibility index (Phi) is 4.09. The van der Waals surface area contributed by atoms with Crippen molar-refractivity contribution in [2.45, 2.75) is 45.8 Å². The highest BCUT2D eigenvalue weighted by atomic mass is 16.6. The van der Waals surface area contributed by atoms with Crippen molar-refractivity contribution in [3.63, 3.8) is 0 Å². The first-order valence-corrected chi connectivity index (χ1v) is 6.14. The molecule has 0 radical (unpaired) electrons. The van der Waals surface area contributed by atoms with Gasteiger partial charge in [0.25, 0.3) is 0 Å². The Morgan fingerprint density at radius 1 is 1.50 bits per heavy atom. The number of ether oxygens (including phenoxy) is 1. The van der Waals surface area contributed by atoms with E-state index >= 15 is 0 Å². The van der Waals surface area contributed by atoms with Gasteiger partial charge in [0, 0.05) is 19.6 Å². The van der Waals surface area contributed by atoms with Crippen molar-refractivity contribution in [2.75, 3.05) is 19.6 Å². The van der Waals surface area contributed by atoms with Gasteiger partial charge in [-0.3, -0.25) is 0 Å². The normalized spacial score (nSPS) is 18.5. The molecule has 0 aliphatic carbocycles. The molecular formula is C12H23N3O3. The number of carbonyl (C=O) groups is 2. The van der Waals surface area contributed by atoms with E-state index in [0.717, 1.165) is 0 Å². The number of carbonyl (C=O) groups excluding carboxylic acids is 2. The van der Waals surface area contributed by atoms with E-state index < -0.39 is 11.7 Å². The van der Waals surface area contributed by atoms with Crippen LogP contribution >= 0.6 is 0 Å². The average Bonchev–Trinajstić information content (AvgIpc) is 2.41. The molecular weight excluding hydrogens is 234 g/mol. The van der Waals surface area contributed by atoms with E-state index in [-0.39, 0.29) is 11.6 Å². The highest BCUT2D eigenvalue weighted by Gasteiger charge is 2.36. The maximum Gasteiger partial charge on any atom is 0.407 e. The minimum absolute atomic E-state index is 0.0917. The first kappa shape index (κ1) is 14.6. The maximum absolute atomic E-state index is 11.6. The van der Waals surface area contributed by atoms with Gasteiger partial charge in [0.2, 0.25) is 0 Å². The standard InChI is InChI=1S/C12H23N3O3/c1-11(2,3)18-10(17)13-6-7-15-9(16)14-8-12(15,4)5/h6-8H2,1-5H3,(H,13,17)(H,14,16).